The Morgan fingerprint density at radius 1 is 1.19 bits per heavy atom. The number of esters is 1. The standard InChI is InChI=1S/C21H20O5/c1-4-24-21(23)14(3)25-16-9-10-17-18(12-16)26-19(20(17)22)11-15-7-5-13(2)6-8-15/h5-12,14H,4H2,1-3H3/b19-11-. The van der Waals surface area contributed by atoms with Crippen molar-refractivity contribution in [3.63, 3.8) is 0 Å². The lowest BCUT2D eigenvalue weighted by Crippen LogP contribution is -2.26. The first-order chi connectivity index (χ1) is 12.5. The van der Waals surface area contributed by atoms with Crippen molar-refractivity contribution in [2.45, 2.75) is 26.9 Å². The second-order valence-corrected chi connectivity index (χ2v) is 6.02. The van der Waals surface area contributed by atoms with Crippen LogP contribution in [0.2, 0.25) is 0 Å². The molecule has 0 aromatic heterocycles. The minimum absolute atomic E-state index is 0.175. The van der Waals surface area contributed by atoms with Crippen LogP contribution in [0.4, 0.5) is 0 Å². The van der Waals surface area contributed by atoms with E-state index in [4.69, 9.17) is 14.2 Å². The average Bonchev–Trinajstić information content (AvgIpc) is 2.92. The van der Waals surface area contributed by atoms with Crippen LogP contribution in [-0.4, -0.2) is 24.5 Å². The van der Waals surface area contributed by atoms with Gasteiger partial charge in [-0.1, -0.05) is 29.8 Å². The number of ketones is 1. The topological polar surface area (TPSA) is 61.8 Å². The van der Waals surface area contributed by atoms with Crippen molar-refractivity contribution >= 4 is 17.8 Å². The second kappa shape index (κ2) is 7.44. The smallest absolute Gasteiger partial charge is 0.347 e. The first-order valence-electron chi connectivity index (χ1n) is 8.46. The second-order valence-electron chi connectivity index (χ2n) is 6.02. The maximum atomic E-state index is 12.5. The van der Waals surface area contributed by atoms with Crippen molar-refractivity contribution in [1.82, 2.24) is 0 Å². The number of allylic oxidation sites excluding steroid dienone is 1. The summed E-state index contributed by atoms with van der Waals surface area (Å²) in [5, 5.41) is 0. The molecule has 0 amide bonds. The summed E-state index contributed by atoms with van der Waals surface area (Å²) in [6.07, 6.45) is 0.969. The fraction of sp³-hybridized carbons (Fsp3) is 0.238. The van der Waals surface area contributed by atoms with Crippen molar-refractivity contribution in [2.75, 3.05) is 6.61 Å². The molecule has 1 atom stereocenters. The van der Waals surface area contributed by atoms with Crippen LogP contribution in [0.25, 0.3) is 6.08 Å². The van der Waals surface area contributed by atoms with E-state index in [0.717, 1.165) is 11.1 Å². The van der Waals surface area contributed by atoms with Gasteiger partial charge in [0.1, 0.15) is 11.5 Å². The number of hydrogen-bond acceptors (Lipinski definition) is 5. The van der Waals surface area contributed by atoms with Crippen molar-refractivity contribution < 1.29 is 23.8 Å². The molecule has 5 heteroatoms. The molecule has 3 rings (SSSR count). The fourth-order valence-electron chi connectivity index (χ4n) is 2.57. The Morgan fingerprint density at radius 3 is 2.62 bits per heavy atom. The summed E-state index contributed by atoms with van der Waals surface area (Å²) in [4.78, 5) is 24.2. The van der Waals surface area contributed by atoms with Crippen molar-refractivity contribution in [3.05, 3.63) is 64.9 Å². The zero-order valence-corrected chi connectivity index (χ0v) is 14.9. The van der Waals surface area contributed by atoms with Gasteiger partial charge in [0.25, 0.3) is 0 Å². The Hall–Kier alpha value is -3.08. The first-order valence-corrected chi connectivity index (χ1v) is 8.46. The Bertz CT molecular complexity index is 864. The van der Waals surface area contributed by atoms with Gasteiger partial charge in [-0.2, -0.15) is 0 Å². The molecule has 0 saturated carbocycles. The zero-order chi connectivity index (χ0) is 18.7. The Labute approximate surface area is 152 Å². The molecular weight excluding hydrogens is 332 g/mol. The van der Waals surface area contributed by atoms with Crippen molar-refractivity contribution in [1.29, 1.82) is 0 Å². The number of aryl methyl sites for hydroxylation is 1. The Kier molecular flexibility index (Phi) is 5.07. The summed E-state index contributed by atoms with van der Waals surface area (Å²) < 4.78 is 16.2. The van der Waals surface area contributed by atoms with Gasteiger partial charge in [-0.3, -0.25) is 4.79 Å². The third kappa shape index (κ3) is 3.77. The lowest BCUT2D eigenvalue weighted by molar-refractivity contribution is -0.150. The largest absolute Gasteiger partial charge is 0.479 e. The Balaban J connectivity index is 1.77. The number of fused-ring (bicyclic) bond motifs is 1. The number of Topliss-reactive ketones (excluding diaryl/α,β-unsaturated/α-hetero) is 1. The van der Waals surface area contributed by atoms with Gasteiger partial charge >= 0.3 is 5.97 Å². The van der Waals surface area contributed by atoms with E-state index in [0.29, 0.717) is 23.7 Å². The zero-order valence-electron chi connectivity index (χ0n) is 14.9. The number of carbonyl (C=O) groups is 2. The molecule has 2 aromatic carbocycles. The molecule has 1 unspecified atom stereocenters. The van der Waals surface area contributed by atoms with Crippen molar-refractivity contribution in [2.24, 2.45) is 0 Å². The van der Waals surface area contributed by atoms with Gasteiger partial charge in [0.2, 0.25) is 5.78 Å². The Morgan fingerprint density at radius 2 is 1.92 bits per heavy atom. The van der Waals surface area contributed by atoms with E-state index in [2.05, 4.69) is 0 Å². The monoisotopic (exact) mass is 352 g/mol. The lowest BCUT2D eigenvalue weighted by atomic mass is 10.1. The van der Waals surface area contributed by atoms with Crippen LogP contribution in [0.15, 0.2) is 48.2 Å². The highest BCUT2D eigenvalue weighted by Crippen LogP contribution is 2.35. The minimum Gasteiger partial charge on any atom is -0.479 e. The van der Waals surface area contributed by atoms with Crippen LogP contribution in [0, 0.1) is 6.92 Å². The molecule has 26 heavy (non-hydrogen) atoms. The quantitative estimate of drug-likeness (QED) is 0.602. The molecule has 5 nitrogen and oxygen atoms in total. The maximum Gasteiger partial charge on any atom is 0.347 e. The highest BCUT2D eigenvalue weighted by atomic mass is 16.6. The summed E-state index contributed by atoms with van der Waals surface area (Å²) in [6, 6.07) is 12.7. The molecular formula is C21H20O5. The third-order valence-corrected chi connectivity index (χ3v) is 3.95. The number of hydrogen-bond donors (Lipinski definition) is 0. The summed E-state index contributed by atoms with van der Waals surface area (Å²) in [6.45, 7) is 5.64. The lowest BCUT2D eigenvalue weighted by Gasteiger charge is -2.13. The van der Waals surface area contributed by atoms with Crippen LogP contribution in [0.3, 0.4) is 0 Å². The third-order valence-electron chi connectivity index (χ3n) is 3.95. The molecule has 0 N–H and O–H groups in total. The normalized spacial score (nSPS) is 15.3. The summed E-state index contributed by atoms with van der Waals surface area (Å²) in [5.41, 5.74) is 2.50. The van der Waals surface area contributed by atoms with E-state index in [1.165, 1.54) is 0 Å². The van der Waals surface area contributed by atoms with Gasteiger partial charge in [-0.05, 0) is 44.5 Å². The van der Waals surface area contributed by atoms with Gasteiger partial charge < -0.3 is 14.2 Å². The van der Waals surface area contributed by atoms with Gasteiger partial charge in [-0.15, -0.1) is 0 Å². The first kappa shape index (κ1) is 17.7. The number of carbonyl (C=O) groups excluding carboxylic acids is 2. The number of rotatable bonds is 5. The van der Waals surface area contributed by atoms with Crippen LogP contribution in [0.1, 0.15) is 35.3 Å². The fourth-order valence-corrected chi connectivity index (χ4v) is 2.57. The average molecular weight is 352 g/mol. The van der Waals surface area contributed by atoms with Crippen LogP contribution >= 0.6 is 0 Å². The summed E-state index contributed by atoms with van der Waals surface area (Å²) >= 11 is 0. The number of ether oxygens (including phenoxy) is 3. The van der Waals surface area contributed by atoms with E-state index >= 15 is 0 Å². The highest BCUT2D eigenvalue weighted by Gasteiger charge is 2.28. The van der Waals surface area contributed by atoms with E-state index in [-0.39, 0.29) is 11.5 Å². The van der Waals surface area contributed by atoms with Gasteiger partial charge in [0.15, 0.2) is 11.9 Å². The molecule has 0 bridgehead atoms. The summed E-state index contributed by atoms with van der Waals surface area (Å²) in [7, 11) is 0. The molecule has 1 heterocycles. The predicted molar refractivity (Wildman–Crippen MR) is 97.3 cm³/mol. The van der Waals surface area contributed by atoms with Crippen molar-refractivity contribution in [3.8, 4) is 11.5 Å². The molecule has 1 aliphatic rings. The van der Waals surface area contributed by atoms with E-state index in [1.807, 2.05) is 31.2 Å². The van der Waals surface area contributed by atoms with Gasteiger partial charge in [-0.25, -0.2) is 4.79 Å². The maximum absolute atomic E-state index is 12.5. The summed E-state index contributed by atoms with van der Waals surface area (Å²) in [5.74, 6) is 0.505. The van der Waals surface area contributed by atoms with Crippen LogP contribution in [-0.2, 0) is 9.53 Å². The van der Waals surface area contributed by atoms with Gasteiger partial charge in [0.05, 0.1) is 12.2 Å². The molecule has 0 aliphatic carbocycles. The van der Waals surface area contributed by atoms with Gasteiger partial charge in [0, 0.05) is 6.07 Å². The van der Waals surface area contributed by atoms with E-state index in [1.54, 1.807) is 38.1 Å². The highest BCUT2D eigenvalue weighted by molar-refractivity contribution is 6.14. The SMILES string of the molecule is CCOC(=O)C(C)Oc1ccc2c(c1)O/C(=C\c1ccc(C)cc1)C2=O. The molecule has 0 fully saturated rings. The minimum atomic E-state index is -0.743. The molecule has 2 aromatic rings. The number of benzene rings is 2. The van der Waals surface area contributed by atoms with Crippen LogP contribution < -0.4 is 9.47 Å². The molecule has 1 aliphatic heterocycles. The van der Waals surface area contributed by atoms with Crippen LogP contribution in [0.5, 0.6) is 11.5 Å². The molecule has 0 saturated heterocycles. The predicted octanol–water partition coefficient (Wildman–Crippen LogP) is 3.94. The molecule has 0 radical (unpaired) electrons. The van der Waals surface area contributed by atoms with E-state index in [9.17, 15) is 9.59 Å². The molecule has 134 valence electrons. The van der Waals surface area contributed by atoms with E-state index < -0.39 is 12.1 Å². The molecule has 0 spiro atoms.